The van der Waals surface area contributed by atoms with Gasteiger partial charge in [0.15, 0.2) is 0 Å². The fourth-order valence-electron chi connectivity index (χ4n) is 1.38. The second-order valence-electron chi connectivity index (χ2n) is 4.64. The molecule has 6 nitrogen and oxygen atoms in total. The molecule has 0 saturated heterocycles. The molecule has 2 amide bonds. The lowest BCUT2D eigenvalue weighted by atomic mass is 10.2. The van der Waals surface area contributed by atoms with E-state index in [1.807, 2.05) is 14.1 Å². The number of carbonyl (C=O) groups excluding carboxylic acids is 2. The van der Waals surface area contributed by atoms with Crippen LogP contribution in [0.4, 0.5) is 11.4 Å². The van der Waals surface area contributed by atoms with E-state index in [4.69, 9.17) is 5.73 Å². The summed E-state index contributed by atoms with van der Waals surface area (Å²) in [6, 6.07) is 6.32. The number of benzene rings is 1. The van der Waals surface area contributed by atoms with Crippen LogP contribution in [-0.4, -0.2) is 43.4 Å². The molecular weight excluding hydrogens is 315 g/mol. The number of nitrogens with one attached hydrogen (secondary N) is 2. The molecule has 0 unspecified atom stereocenters. The van der Waals surface area contributed by atoms with Gasteiger partial charge in [-0.2, -0.15) is 0 Å². The Morgan fingerprint density at radius 3 is 1.90 bits per heavy atom. The fourth-order valence-corrected chi connectivity index (χ4v) is 1.38. The number of halogens is 2. The Balaban J connectivity index is 0. The summed E-state index contributed by atoms with van der Waals surface area (Å²) in [5.41, 5.74) is 6.78. The average Bonchev–Trinajstić information content (AvgIpc) is 2.30. The van der Waals surface area contributed by atoms with Crippen LogP contribution in [0.5, 0.6) is 0 Å². The number of hydrogen-bond acceptors (Lipinski definition) is 4. The molecule has 0 aliphatic rings. The molecule has 0 radical (unpaired) electrons. The number of amides is 2. The first-order chi connectivity index (χ1) is 8.88. The van der Waals surface area contributed by atoms with Gasteiger partial charge in [0.1, 0.15) is 0 Å². The summed E-state index contributed by atoms with van der Waals surface area (Å²) < 4.78 is 0. The Morgan fingerprint density at radius 2 is 1.52 bits per heavy atom. The van der Waals surface area contributed by atoms with Gasteiger partial charge in [-0.15, -0.1) is 24.8 Å². The van der Waals surface area contributed by atoms with Gasteiger partial charge in [-0.3, -0.25) is 9.59 Å². The topological polar surface area (TPSA) is 87.5 Å². The van der Waals surface area contributed by atoms with Crippen LogP contribution in [0.15, 0.2) is 24.3 Å². The SMILES string of the molecule is C[C@@H](N)C(=O)Nc1ccc(NC(=O)CN(C)C)cc1.Cl.Cl. The average molecular weight is 337 g/mol. The lowest BCUT2D eigenvalue weighted by Crippen LogP contribution is -2.32. The summed E-state index contributed by atoms with van der Waals surface area (Å²) in [7, 11) is 3.65. The van der Waals surface area contributed by atoms with Crippen LogP contribution in [0, 0.1) is 0 Å². The van der Waals surface area contributed by atoms with E-state index in [1.54, 1.807) is 36.1 Å². The summed E-state index contributed by atoms with van der Waals surface area (Å²) in [5, 5.41) is 5.43. The maximum Gasteiger partial charge on any atom is 0.240 e. The van der Waals surface area contributed by atoms with Crippen LogP contribution in [0.2, 0.25) is 0 Å². The van der Waals surface area contributed by atoms with Gasteiger partial charge < -0.3 is 21.3 Å². The first-order valence-corrected chi connectivity index (χ1v) is 5.99. The van der Waals surface area contributed by atoms with Gasteiger partial charge in [0.2, 0.25) is 11.8 Å². The third-order valence-corrected chi connectivity index (χ3v) is 2.31. The monoisotopic (exact) mass is 336 g/mol. The van der Waals surface area contributed by atoms with Crippen LogP contribution in [0.25, 0.3) is 0 Å². The second kappa shape index (κ2) is 10.4. The van der Waals surface area contributed by atoms with Crippen molar-refractivity contribution in [1.29, 1.82) is 0 Å². The molecular formula is C13H22Cl2N4O2. The van der Waals surface area contributed by atoms with Crippen molar-refractivity contribution in [3.63, 3.8) is 0 Å². The minimum absolute atomic E-state index is 0. The summed E-state index contributed by atoms with van der Waals surface area (Å²) in [5.74, 6) is -0.332. The number of nitrogens with two attached hydrogens (primary N) is 1. The van der Waals surface area contributed by atoms with Crippen molar-refractivity contribution < 1.29 is 9.59 Å². The molecule has 0 aromatic heterocycles. The molecule has 0 heterocycles. The molecule has 1 rings (SSSR count). The first-order valence-electron chi connectivity index (χ1n) is 5.99. The van der Waals surface area contributed by atoms with Gasteiger partial charge in [-0.25, -0.2) is 0 Å². The predicted octanol–water partition coefficient (Wildman–Crippen LogP) is 1.32. The van der Waals surface area contributed by atoms with Gasteiger partial charge in [0, 0.05) is 11.4 Å². The molecule has 0 bridgehead atoms. The zero-order chi connectivity index (χ0) is 14.4. The highest BCUT2D eigenvalue weighted by atomic mass is 35.5. The van der Waals surface area contributed by atoms with Crippen molar-refractivity contribution in [2.24, 2.45) is 5.73 Å². The number of nitrogens with zero attached hydrogens (tertiary/aromatic N) is 1. The third kappa shape index (κ3) is 8.52. The summed E-state index contributed by atoms with van der Waals surface area (Å²) >= 11 is 0. The van der Waals surface area contributed by atoms with Crippen LogP contribution in [0.1, 0.15) is 6.92 Å². The van der Waals surface area contributed by atoms with Crippen molar-refractivity contribution >= 4 is 48.0 Å². The van der Waals surface area contributed by atoms with E-state index in [9.17, 15) is 9.59 Å². The van der Waals surface area contributed by atoms with Gasteiger partial charge in [0.05, 0.1) is 12.6 Å². The van der Waals surface area contributed by atoms with E-state index in [0.29, 0.717) is 17.9 Å². The van der Waals surface area contributed by atoms with E-state index in [-0.39, 0.29) is 36.6 Å². The van der Waals surface area contributed by atoms with E-state index < -0.39 is 6.04 Å². The molecule has 120 valence electrons. The molecule has 0 spiro atoms. The molecule has 0 aliphatic carbocycles. The summed E-state index contributed by atoms with van der Waals surface area (Å²) in [4.78, 5) is 24.7. The number of anilines is 2. The van der Waals surface area contributed by atoms with Gasteiger partial charge in [-0.05, 0) is 45.3 Å². The molecule has 1 aromatic carbocycles. The minimum Gasteiger partial charge on any atom is -0.325 e. The second-order valence-corrected chi connectivity index (χ2v) is 4.64. The summed E-state index contributed by atoms with van der Waals surface area (Å²) in [6.45, 7) is 1.94. The zero-order valence-corrected chi connectivity index (χ0v) is 13.9. The van der Waals surface area contributed by atoms with E-state index in [0.717, 1.165) is 0 Å². The van der Waals surface area contributed by atoms with E-state index in [2.05, 4.69) is 10.6 Å². The Kier molecular flexibility index (Phi) is 10.9. The minimum atomic E-state index is -0.556. The normalized spacial score (nSPS) is 10.9. The Hall–Kier alpha value is -1.34. The lowest BCUT2D eigenvalue weighted by molar-refractivity contribution is -0.117. The fraction of sp³-hybridized carbons (Fsp3) is 0.385. The van der Waals surface area contributed by atoms with Gasteiger partial charge in [0.25, 0.3) is 0 Å². The van der Waals surface area contributed by atoms with Gasteiger partial charge >= 0.3 is 0 Å². The van der Waals surface area contributed by atoms with Crippen LogP contribution in [0.3, 0.4) is 0 Å². The Bertz CT molecular complexity index is 450. The molecule has 1 atom stereocenters. The summed E-state index contributed by atoms with van der Waals surface area (Å²) in [6.07, 6.45) is 0. The van der Waals surface area contributed by atoms with Crippen molar-refractivity contribution in [2.45, 2.75) is 13.0 Å². The molecule has 0 saturated carbocycles. The van der Waals surface area contributed by atoms with Crippen molar-refractivity contribution in [3.8, 4) is 0 Å². The Labute approximate surface area is 137 Å². The van der Waals surface area contributed by atoms with Crippen molar-refractivity contribution in [3.05, 3.63) is 24.3 Å². The third-order valence-electron chi connectivity index (χ3n) is 2.31. The lowest BCUT2D eigenvalue weighted by Gasteiger charge is -2.11. The molecule has 0 aliphatic heterocycles. The number of rotatable bonds is 5. The van der Waals surface area contributed by atoms with E-state index in [1.165, 1.54) is 0 Å². The highest BCUT2D eigenvalue weighted by Gasteiger charge is 2.07. The Morgan fingerprint density at radius 1 is 1.10 bits per heavy atom. The van der Waals surface area contributed by atoms with Gasteiger partial charge in [-0.1, -0.05) is 0 Å². The van der Waals surface area contributed by atoms with E-state index >= 15 is 0 Å². The van der Waals surface area contributed by atoms with Crippen molar-refractivity contribution in [2.75, 3.05) is 31.3 Å². The van der Waals surface area contributed by atoms with Crippen LogP contribution in [-0.2, 0) is 9.59 Å². The van der Waals surface area contributed by atoms with Crippen molar-refractivity contribution in [1.82, 2.24) is 4.90 Å². The smallest absolute Gasteiger partial charge is 0.240 e. The predicted molar refractivity (Wildman–Crippen MR) is 90.4 cm³/mol. The quantitative estimate of drug-likeness (QED) is 0.756. The maximum absolute atomic E-state index is 11.5. The highest BCUT2D eigenvalue weighted by molar-refractivity contribution is 5.95. The van der Waals surface area contributed by atoms with Crippen LogP contribution < -0.4 is 16.4 Å². The highest BCUT2D eigenvalue weighted by Crippen LogP contribution is 2.13. The number of likely N-dealkylation sites (N-methyl/N-ethyl adjacent to an activating group) is 1. The largest absolute Gasteiger partial charge is 0.325 e. The maximum atomic E-state index is 11.5. The zero-order valence-electron chi connectivity index (χ0n) is 12.3. The molecule has 21 heavy (non-hydrogen) atoms. The van der Waals surface area contributed by atoms with Crippen LogP contribution >= 0.6 is 24.8 Å². The molecule has 0 fully saturated rings. The first kappa shape index (κ1) is 21.9. The number of hydrogen-bond donors (Lipinski definition) is 3. The number of carbonyl (C=O) groups is 2. The molecule has 4 N–H and O–H groups in total. The molecule has 1 aromatic rings. The standard InChI is InChI=1S/C13H20N4O2.2ClH/c1-9(14)13(19)16-11-6-4-10(5-7-11)15-12(18)8-17(2)3;;/h4-7,9H,8,14H2,1-3H3,(H,15,18)(H,16,19);2*1H/t9-;;/m1../s1. The molecule has 8 heteroatoms.